The topological polar surface area (TPSA) is 94.2 Å². The van der Waals surface area contributed by atoms with E-state index in [9.17, 15) is 13.2 Å². The van der Waals surface area contributed by atoms with Gasteiger partial charge in [0, 0.05) is 6.07 Å². The van der Waals surface area contributed by atoms with Gasteiger partial charge in [0.15, 0.2) is 11.5 Å². The van der Waals surface area contributed by atoms with Crippen LogP contribution in [0.5, 0.6) is 17.2 Å². The lowest BCUT2D eigenvalue weighted by Crippen LogP contribution is -2.41. The molecule has 3 aromatic rings. The van der Waals surface area contributed by atoms with Crippen LogP contribution in [0.3, 0.4) is 0 Å². The molecule has 202 valence electrons. The second-order valence-corrected chi connectivity index (χ2v) is 11.0. The molecule has 0 heterocycles. The van der Waals surface area contributed by atoms with Crippen molar-refractivity contribution in [3.05, 3.63) is 77.4 Å². The van der Waals surface area contributed by atoms with E-state index < -0.39 is 22.5 Å². The lowest BCUT2D eigenvalue weighted by Gasteiger charge is -2.26. The quantitative estimate of drug-likeness (QED) is 0.382. The van der Waals surface area contributed by atoms with Crippen molar-refractivity contribution in [3.8, 4) is 17.2 Å². The van der Waals surface area contributed by atoms with Crippen LogP contribution in [0.1, 0.15) is 43.0 Å². The molecule has 1 aliphatic rings. The number of aryl methyl sites for hydroxylation is 2. The van der Waals surface area contributed by atoms with Crippen molar-refractivity contribution in [2.24, 2.45) is 0 Å². The van der Waals surface area contributed by atoms with Gasteiger partial charge in [-0.25, -0.2) is 8.42 Å². The monoisotopic (exact) mass is 538 g/mol. The van der Waals surface area contributed by atoms with Crippen LogP contribution in [0.2, 0.25) is 0 Å². The van der Waals surface area contributed by atoms with Crippen LogP contribution in [0, 0.1) is 0 Å². The first-order chi connectivity index (χ1) is 18.3. The first-order valence-electron chi connectivity index (χ1n) is 12.7. The smallest absolute Gasteiger partial charge is 0.264 e. The Morgan fingerprint density at radius 3 is 2.34 bits per heavy atom. The molecule has 1 amide bonds. The van der Waals surface area contributed by atoms with E-state index in [2.05, 4.69) is 17.4 Å². The number of hydrogen-bond acceptors (Lipinski definition) is 6. The molecule has 0 saturated carbocycles. The van der Waals surface area contributed by atoms with Crippen molar-refractivity contribution < 1.29 is 27.4 Å². The second-order valence-electron chi connectivity index (χ2n) is 9.13. The molecule has 0 saturated heterocycles. The van der Waals surface area contributed by atoms with E-state index in [0.29, 0.717) is 23.8 Å². The third-order valence-electron chi connectivity index (χ3n) is 6.67. The van der Waals surface area contributed by atoms with E-state index in [0.717, 1.165) is 29.1 Å². The van der Waals surface area contributed by atoms with Crippen molar-refractivity contribution in [1.29, 1.82) is 0 Å². The highest BCUT2D eigenvalue weighted by Crippen LogP contribution is 2.33. The minimum Gasteiger partial charge on any atom is -0.494 e. The molecule has 4 rings (SSSR count). The Bertz CT molecular complexity index is 1390. The minimum atomic E-state index is -4.14. The molecule has 0 bridgehead atoms. The molecule has 0 fully saturated rings. The number of fused-ring (bicyclic) bond motifs is 1. The van der Waals surface area contributed by atoms with Gasteiger partial charge < -0.3 is 19.5 Å². The van der Waals surface area contributed by atoms with Crippen molar-refractivity contribution in [3.63, 3.8) is 0 Å². The minimum absolute atomic E-state index is 0.0245. The molecule has 0 aromatic heterocycles. The average Bonchev–Trinajstić information content (AvgIpc) is 3.40. The van der Waals surface area contributed by atoms with Gasteiger partial charge in [0.1, 0.15) is 12.3 Å². The molecule has 3 aromatic carbocycles. The summed E-state index contributed by atoms with van der Waals surface area (Å²) in [4.78, 5) is 13.2. The Hall–Kier alpha value is -3.72. The molecule has 1 aliphatic carbocycles. The molecule has 1 atom stereocenters. The lowest BCUT2D eigenvalue weighted by molar-refractivity contribution is -0.120. The number of ether oxygens (including phenoxy) is 3. The lowest BCUT2D eigenvalue weighted by atomic mass is 10.0. The molecular weight excluding hydrogens is 504 g/mol. The number of hydrogen-bond donors (Lipinski definition) is 1. The SMILES string of the molecule is CCOc1ccc(N(CC(=O)N[C@@H](C)c2ccc3c(c2)CCC3)S(=O)(=O)c2ccc(OC)c(OC)c2)cc1. The van der Waals surface area contributed by atoms with Gasteiger partial charge in [-0.1, -0.05) is 18.2 Å². The number of nitrogens with zero attached hydrogens (tertiary/aromatic N) is 1. The van der Waals surface area contributed by atoms with Gasteiger partial charge in [-0.05, 0) is 86.2 Å². The number of sulfonamides is 1. The maximum Gasteiger partial charge on any atom is 0.264 e. The van der Waals surface area contributed by atoms with Crippen molar-refractivity contribution >= 4 is 21.6 Å². The number of carbonyl (C=O) groups is 1. The van der Waals surface area contributed by atoms with Crippen LogP contribution >= 0.6 is 0 Å². The summed E-state index contributed by atoms with van der Waals surface area (Å²) in [5, 5.41) is 2.97. The van der Waals surface area contributed by atoms with Crippen LogP contribution in [0.25, 0.3) is 0 Å². The fourth-order valence-electron chi connectivity index (χ4n) is 4.66. The summed E-state index contributed by atoms with van der Waals surface area (Å²) in [6.45, 7) is 3.85. The average molecular weight is 539 g/mol. The molecule has 1 N–H and O–H groups in total. The number of amides is 1. The molecule has 38 heavy (non-hydrogen) atoms. The Morgan fingerprint density at radius 2 is 1.66 bits per heavy atom. The Morgan fingerprint density at radius 1 is 0.947 bits per heavy atom. The van der Waals surface area contributed by atoms with Crippen LogP contribution in [-0.2, 0) is 27.7 Å². The standard InChI is InChI=1S/C29H34N2O6S/c1-5-37-25-13-11-24(12-14-25)31(38(33,34)26-15-16-27(35-3)28(18-26)36-4)19-29(32)30-20(2)22-10-9-21-7-6-8-23(21)17-22/h9-18,20H,5-8,19H2,1-4H3,(H,30,32)/t20-/m0/s1. The first kappa shape index (κ1) is 27.3. The highest BCUT2D eigenvalue weighted by atomic mass is 32.2. The highest BCUT2D eigenvalue weighted by Gasteiger charge is 2.29. The third kappa shape index (κ3) is 5.88. The van der Waals surface area contributed by atoms with E-state index in [1.807, 2.05) is 19.9 Å². The molecule has 0 unspecified atom stereocenters. The Kier molecular flexibility index (Phi) is 8.46. The molecule has 9 heteroatoms. The number of methoxy groups -OCH3 is 2. The third-order valence-corrected chi connectivity index (χ3v) is 8.44. The molecular formula is C29H34N2O6S. The summed E-state index contributed by atoms with van der Waals surface area (Å²) in [6, 6.07) is 17.0. The van der Waals surface area contributed by atoms with Crippen LogP contribution in [0.4, 0.5) is 5.69 Å². The maximum atomic E-state index is 13.8. The van der Waals surface area contributed by atoms with Gasteiger partial charge in [0.2, 0.25) is 5.91 Å². The molecule has 8 nitrogen and oxygen atoms in total. The van der Waals surface area contributed by atoms with Crippen LogP contribution < -0.4 is 23.8 Å². The van der Waals surface area contributed by atoms with E-state index >= 15 is 0 Å². The summed E-state index contributed by atoms with van der Waals surface area (Å²) < 4.78 is 44.9. The Balaban J connectivity index is 1.62. The zero-order chi connectivity index (χ0) is 27.3. The molecule has 0 aliphatic heterocycles. The van der Waals surface area contributed by atoms with Gasteiger partial charge in [0.25, 0.3) is 10.0 Å². The van der Waals surface area contributed by atoms with Crippen LogP contribution in [-0.4, -0.2) is 41.7 Å². The summed E-state index contributed by atoms with van der Waals surface area (Å²) in [5.74, 6) is 0.861. The van der Waals surface area contributed by atoms with E-state index in [1.165, 1.54) is 43.5 Å². The fourth-order valence-corrected chi connectivity index (χ4v) is 6.09. The number of benzene rings is 3. The number of carbonyl (C=O) groups excluding carboxylic acids is 1. The Labute approximate surface area is 224 Å². The van der Waals surface area contributed by atoms with Gasteiger partial charge in [-0.3, -0.25) is 9.10 Å². The fraction of sp³-hybridized carbons (Fsp3) is 0.345. The van der Waals surface area contributed by atoms with E-state index in [-0.39, 0.29) is 16.7 Å². The first-order valence-corrected chi connectivity index (χ1v) is 14.1. The van der Waals surface area contributed by atoms with E-state index in [1.54, 1.807) is 24.3 Å². The summed E-state index contributed by atoms with van der Waals surface area (Å²) in [5.41, 5.74) is 4.00. The number of rotatable bonds is 11. The maximum absolute atomic E-state index is 13.8. The van der Waals surface area contributed by atoms with Crippen molar-refractivity contribution in [2.75, 3.05) is 31.7 Å². The van der Waals surface area contributed by atoms with Gasteiger partial charge >= 0.3 is 0 Å². The van der Waals surface area contributed by atoms with Crippen molar-refractivity contribution in [1.82, 2.24) is 5.32 Å². The summed E-state index contributed by atoms with van der Waals surface area (Å²) in [6.07, 6.45) is 3.27. The predicted molar refractivity (Wildman–Crippen MR) is 147 cm³/mol. The van der Waals surface area contributed by atoms with E-state index in [4.69, 9.17) is 14.2 Å². The van der Waals surface area contributed by atoms with Crippen LogP contribution in [0.15, 0.2) is 65.6 Å². The number of anilines is 1. The van der Waals surface area contributed by atoms with Gasteiger partial charge in [-0.2, -0.15) is 0 Å². The molecule has 0 radical (unpaired) electrons. The summed E-state index contributed by atoms with van der Waals surface area (Å²) >= 11 is 0. The highest BCUT2D eigenvalue weighted by molar-refractivity contribution is 7.92. The zero-order valence-corrected chi connectivity index (χ0v) is 23.0. The van der Waals surface area contributed by atoms with Crippen molar-refractivity contribution in [2.45, 2.75) is 44.0 Å². The number of nitrogens with one attached hydrogen (secondary N) is 1. The predicted octanol–water partition coefficient (Wildman–Crippen LogP) is 4.66. The van der Waals surface area contributed by atoms with Gasteiger partial charge in [0.05, 0.1) is 37.5 Å². The van der Waals surface area contributed by atoms with Gasteiger partial charge in [-0.15, -0.1) is 0 Å². The summed E-state index contributed by atoms with van der Waals surface area (Å²) in [7, 11) is -1.23. The largest absolute Gasteiger partial charge is 0.494 e. The normalized spacial score (nSPS) is 13.4. The second kappa shape index (κ2) is 11.8. The zero-order valence-electron chi connectivity index (χ0n) is 22.2. The molecule has 0 spiro atoms.